The van der Waals surface area contributed by atoms with Gasteiger partial charge in [-0.05, 0) is 40.8 Å². The second-order valence-electron chi connectivity index (χ2n) is 7.07. The standard InChI is InChI=1S/C21H30N2O2/c1-21(2,15-22-13-17-5-9-19(24-3)10-6-17)16-23-14-18-7-11-20(25-4)12-8-18/h5-12,22-23H,13-16H2,1-4H3. The van der Waals surface area contributed by atoms with Gasteiger partial charge in [-0.1, -0.05) is 38.1 Å². The van der Waals surface area contributed by atoms with E-state index < -0.39 is 0 Å². The van der Waals surface area contributed by atoms with Crippen molar-refractivity contribution >= 4 is 0 Å². The SMILES string of the molecule is COc1ccc(CNCC(C)(C)CNCc2ccc(OC)cc2)cc1. The molecule has 0 spiro atoms. The first-order valence-electron chi connectivity index (χ1n) is 8.70. The molecule has 2 aromatic rings. The lowest BCUT2D eigenvalue weighted by Gasteiger charge is -2.25. The van der Waals surface area contributed by atoms with Crippen LogP contribution < -0.4 is 20.1 Å². The molecular formula is C21H30N2O2. The summed E-state index contributed by atoms with van der Waals surface area (Å²) in [5.74, 6) is 1.79. The summed E-state index contributed by atoms with van der Waals surface area (Å²) in [7, 11) is 3.38. The minimum atomic E-state index is 0.180. The van der Waals surface area contributed by atoms with Crippen LogP contribution in [0.1, 0.15) is 25.0 Å². The van der Waals surface area contributed by atoms with Gasteiger partial charge in [-0.25, -0.2) is 0 Å². The highest BCUT2D eigenvalue weighted by Gasteiger charge is 2.16. The minimum absolute atomic E-state index is 0.180. The smallest absolute Gasteiger partial charge is 0.118 e. The number of nitrogens with one attached hydrogen (secondary N) is 2. The van der Waals surface area contributed by atoms with Gasteiger partial charge in [0.25, 0.3) is 0 Å². The average molecular weight is 342 g/mol. The molecule has 136 valence electrons. The molecule has 0 heterocycles. The predicted octanol–water partition coefficient (Wildman–Crippen LogP) is 3.61. The fourth-order valence-electron chi connectivity index (χ4n) is 2.64. The summed E-state index contributed by atoms with van der Waals surface area (Å²) >= 11 is 0. The Morgan fingerprint density at radius 2 is 1.04 bits per heavy atom. The third-order valence-electron chi connectivity index (χ3n) is 4.18. The van der Waals surface area contributed by atoms with Gasteiger partial charge in [0, 0.05) is 26.2 Å². The zero-order chi connectivity index (χ0) is 18.1. The number of hydrogen-bond acceptors (Lipinski definition) is 4. The first-order valence-corrected chi connectivity index (χ1v) is 8.70. The molecule has 0 fully saturated rings. The normalized spacial score (nSPS) is 11.4. The summed E-state index contributed by atoms with van der Waals surface area (Å²) in [4.78, 5) is 0. The van der Waals surface area contributed by atoms with E-state index in [1.54, 1.807) is 14.2 Å². The highest BCUT2D eigenvalue weighted by molar-refractivity contribution is 5.27. The van der Waals surface area contributed by atoms with Gasteiger partial charge in [0.15, 0.2) is 0 Å². The van der Waals surface area contributed by atoms with E-state index in [0.717, 1.165) is 37.7 Å². The van der Waals surface area contributed by atoms with E-state index in [1.165, 1.54) is 11.1 Å². The molecule has 0 radical (unpaired) electrons. The second kappa shape index (κ2) is 9.44. The Hall–Kier alpha value is -2.04. The van der Waals surface area contributed by atoms with Gasteiger partial charge in [0.05, 0.1) is 14.2 Å². The minimum Gasteiger partial charge on any atom is -0.497 e. The Morgan fingerprint density at radius 3 is 1.36 bits per heavy atom. The molecule has 0 aromatic heterocycles. The summed E-state index contributed by atoms with van der Waals surface area (Å²) in [6, 6.07) is 16.4. The molecule has 2 aromatic carbocycles. The number of ether oxygens (including phenoxy) is 2. The van der Waals surface area contributed by atoms with Crippen LogP contribution in [0.25, 0.3) is 0 Å². The summed E-state index contributed by atoms with van der Waals surface area (Å²) in [5, 5.41) is 7.09. The van der Waals surface area contributed by atoms with Crippen LogP contribution in [0.4, 0.5) is 0 Å². The third kappa shape index (κ3) is 6.77. The average Bonchev–Trinajstić information content (AvgIpc) is 2.62. The summed E-state index contributed by atoms with van der Waals surface area (Å²) < 4.78 is 10.4. The van der Waals surface area contributed by atoms with Gasteiger partial charge in [0.2, 0.25) is 0 Å². The molecule has 0 aliphatic rings. The molecule has 0 aliphatic heterocycles. The molecule has 25 heavy (non-hydrogen) atoms. The van der Waals surface area contributed by atoms with Crippen molar-refractivity contribution in [2.45, 2.75) is 26.9 Å². The van der Waals surface area contributed by atoms with Crippen molar-refractivity contribution < 1.29 is 9.47 Å². The van der Waals surface area contributed by atoms with Crippen molar-refractivity contribution in [2.75, 3.05) is 27.3 Å². The van der Waals surface area contributed by atoms with Crippen molar-refractivity contribution in [2.24, 2.45) is 5.41 Å². The van der Waals surface area contributed by atoms with Crippen LogP contribution in [0, 0.1) is 5.41 Å². The number of rotatable bonds is 10. The van der Waals surface area contributed by atoms with Crippen LogP contribution in [-0.2, 0) is 13.1 Å². The molecule has 0 aliphatic carbocycles. The Balaban J connectivity index is 1.69. The van der Waals surface area contributed by atoms with Crippen LogP contribution in [0.3, 0.4) is 0 Å². The Bertz CT molecular complexity index is 566. The second-order valence-corrected chi connectivity index (χ2v) is 7.07. The monoisotopic (exact) mass is 342 g/mol. The van der Waals surface area contributed by atoms with E-state index in [4.69, 9.17) is 9.47 Å². The van der Waals surface area contributed by atoms with E-state index in [1.807, 2.05) is 24.3 Å². The van der Waals surface area contributed by atoms with Crippen molar-refractivity contribution in [3.63, 3.8) is 0 Å². The van der Waals surface area contributed by atoms with Gasteiger partial charge in [-0.3, -0.25) is 0 Å². The summed E-state index contributed by atoms with van der Waals surface area (Å²) in [6.07, 6.45) is 0. The van der Waals surface area contributed by atoms with Gasteiger partial charge in [-0.2, -0.15) is 0 Å². The Morgan fingerprint density at radius 1 is 0.680 bits per heavy atom. The topological polar surface area (TPSA) is 42.5 Å². The summed E-state index contributed by atoms with van der Waals surface area (Å²) in [5.41, 5.74) is 2.71. The van der Waals surface area contributed by atoms with Crippen molar-refractivity contribution in [1.82, 2.24) is 10.6 Å². The highest BCUT2D eigenvalue weighted by atomic mass is 16.5. The van der Waals surface area contributed by atoms with Gasteiger partial charge < -0.3 is 20.1 Å². The molecule has 0 atom stereocenters. The van der Waals surface area contributed by atoms with E-state index in [9.17, 15) is 0 Å². The fourth-order valence-corrected chi connectivity index (χ4v) is 2.64. The quantitative estimate of drug-likeness (QED) is 0.692. The van der Waals surface area contributed by atoms with E-state index in [0.29, 0.717) is 0 Å². The van der Waals surface area contributed by atoms with Crippen molar-refractivity contribution in [1.29, 1.82) is 0 Å². The number of methoxy groups -OCH3 is 2. The first-order chi connectivity index (χ1) is 12.0. The first kappa shape index (κ1) is 19.3. The Labute approximate surface area is 151 Å². The molecule has 4 nitrogen and oxygen atoms in total. The number of benzene rings is 2. The van der Waals surface area contributed by atoms with Crippen LogP contribution in [0.5, 0.6) is 11.5 Å². The lowest BCUT2D eigenvalue weighted by atomic mass is 9.93. The van der Waals surface area contributed by atoms with Crippen LogP contribution >= 0.6 is 0 Å². The highest BCUT2D eigenvalue weighted by Crippen LogP contribution is 2.15. The van der Waals surface area contributed by atoms with Gasteiger partial charge in [-0.15, -0.1) is 0 Å². The molecule has 4 heteroatoms. The molecule has 2 rings (SSSR count). The zero-order valence-electron chi connectivity index (χ0n) is 15.8. The largest absolute Gasteiger partial charge is 0.497 e. The lowest BCUT2D eigenvalue weighted by molar-refractivity contribution is 0.319. The molecule has 2 N–H and O–H groups in total. The fraction of sp³-hybridized carbons (Fsp3) is 0.429. The molecule has 0 saturated heterocycles. The van der Waals surface area contributed by atoms with E-state index >= 15 is 0 Å². The van der Waals surface area contributed by atoms with Crippen molar-refractivity contribution in [3.05, 3.63) is 59.7 Å². The molecule has 0 unspecified atom stereocenters. The third-order valence-corrected chi connectivity index (χ3v) is 4.18. The Kier molecular flexibility index (Phi) is 7.29. The molecule has 0 amide bonds. The van der Waals surface area contributed by atoms with Crippen LogP contribution in [-0.4, -0.2) is 27.3 Å². The molecule has 0 bridgehead atoms. The lowest BCUT2D eigenvalue weighted by Crippen LogP contribution is -2.37. The maximum Gasteiger partial charge on any atom is 0.118 e. The van der Waals surface area contributed by atoms with Gasteiger partial charge in [0.1, 0.15) is 11.5 Å². The zero-order valence-corrected chi connectivity index (χ0v) is 15.8. The maximum absolute atomic E-state index is 5.19. The van der Waals surface area contributed by atoms with Gasteiger partial charge >= 0.3 is 0 Å². The summed E-state index contributed by atoms with van der Waals surface area (Å²) in [6.45, 7) is 8.19. The van der Waals surface area contributed by atoms with E-state index in [2.05, 4.69) is 48.7 Å². The molecule has 0 saturated carbocycles. The van der Waals surface area contributed by atoms with Crippen LogP contribution in [0.2, 0.25) is 0 Å². The van der Waals surface area contributed by atoms with Crippen LogP contribution in [0.15, 0.2) is 48.5 Å². The molecular weight excluding hydrogens is 312 g/mol. The number of hydrogen-bond donors (Lipinski definition) is 2. The van der Waals surface area contributed by atoms with E-state index in [-0.39, 0.29) is 5.41 Å². The maximum atomic E-state index is 5.19. The van der Waals surface area contributed by atoms with Crippen molar-refractivity contribution in [3.8, 4) is 11.5 Å². The predicted molar refractivity (Wildman–Crippen MR) is 103 cm³/mol.